The number of halogens is 4. The van der Waals surface area contributed by atoms with E-state index in [0.717, 1.165) is 15.9 Å². The maximum atomic E-state index is 13.2. The van der Waals surface area contributed by atoms with E-state index in [4.69, 9.17) is 0 Å². The van der Waals surface area contributed by atoms with E-state index in [9.17, 15) is 23.2 Å². The van der Waals surface area contributed by atoms with Gasteiger partial charge in [0, 0.05) is 0 Å². The monoisotopic (exact) mass is 568 g/mol. The fourth-order valence-corrected chi connectivity index (χ4v) is 9.80. The van der Waals surface area contributed by atoms with Crippen molar-refractivity contribution in [1.82, 2.24) is 0 Å². The molecule has 0 aliphatic heterocycles. The van der Waals surface area contributed by atoms with Gasteiger partial charge in [-0.15, -0.1) is 0 Å². The van der Waals surface area contributed by atoms with Crippen LogP contribution in [-0.2, 0) is 11.0 Å². The van der Waals surface area contributed by atoms with Crippen molar-refractivity contribution < 1.29 is 18.0 Å². The van der Waals surface area contributed by atoms with E-state index in [1.807, 2.05) is 96.3 Å². The number of nitriles is 1. The summed E-state index contributed by atoms with van der Waals surface area (Å²) in [6.45, 7) is 0. The normalized spacial score (nSPS) is 12.0. The molecule has 182 valence electrons. The molecule has 0 bridgehead atoms. The van der Waals surface area contributed by atoms with Gasteiger partial charge in [0.05, 0.1) is 0 Å². The van der Waals surface area contributed by atoms with Crippen molar-refractivity contribution in [3.05, 3.63) is 119 Å². The Kier molecular flexibility index (Phi) is 7.59. The van der Waals surface area contributed by atoms with Gasteiger partial charge in [-0.2, -0.15) is 0 Å². The van der Waals surface area contributed by atoms with Gasteiger partial charge in [0.25, 0.3) is 0 Å². The molecule has 3 nitrogen and oxygen atoms in total. The second-order valence-corrected chi connectivity index (χ2v) is 13.0. The number of carbonyl (C=O) groups is 1. The molecule has 36 heavy (non-hydrogen) atoms. The predicted octanol–water partition coefficient (Wildman–Crippen LogP) is 6.05. The molecule has 0 atom stereocenters. The summed E-state index contributed by atoms with van der Waals surface area (Å²) in [6.07, 6.45) is -4.75. The summed E-state index contributed by atoms with van der Waals surface area (Å²) in [7, 11) is -2.91. The molecule has 0 aromatic heterocycles. The first kappa shape index (κ1) is 25.6. The van der Waals surface area contributed by atoms with E-state index in [-0.39, 0.29) is 15.7 Å². The van der Waals surface area contributed by atoms with Gasteiger partial charge in [0.1, 0.15) is 0 Å². The Hall–Kier alpha value is -3.46. The van der Waals surface area contributed by atoms with E-state index in [1.165, 1.54) is 6.07 Å². The molecule has 0 aliphatic carbocycles. The molecule has 0 spiro atoms. The molecule has 0 saturated carbocycles. The average molecular weight is 569 g/mol. The zero-order valence-corrected chi connectivity index (χ0v) is 21.5. The minimum absolute atomic E-state index is 0.0102. The Morgan fingerprint density at radius 1 is 0.833 bits per heavy atom. The third-order valence-electron chi connectivity index (χ3n) is 6.05. The number of hydrogen-bond donors (Lipinski definition) is 1. The van der Waals surface area contributed by atoms with Crippen molar-refractivity contribution in [1.29, 1.82) is 5.26 Å². The quantitative estimate of drug-likeness (QED) is 0.288. The zero-order chi connectivity index (χ0) is 25.8. The van der Waals surface area contributed by atoms with Crippen LogP contribution in [0, 0.1) is 11.3 Å². The number of nitrogens with zero attached hydrogens (tertiary/aromatic N) is 1. The van der Waals surface area contributed by atoms with Crippen LogP contribution in [0.4, 0.5) is 18.9 Å². The van der Waals surface area contributed by atoms with Crippen molar-refractivity contribution in [3.8, 4) is 6.07 Å². The molecule has 0 fully saturated rings. The fourth-order valence-electron chi connectivity index (χ4n) is 4.45. The van der Waals surface area contributed by atoms with Gasteiger partial charge in [0.15, 0.2) is 0 Å². The third kappa shape index (κ3) is 5.21. The molecule has 0 saturated heterocycles. The van der Waals surface area contributed by atoms with E-state index in [2.05, 4.69) is 22.0 Å². The molecule has 4 aromatic rings. The summed E-state index contributed by atoms with van der Waals surface area (Å²) in [5.41, 5.74) is 0.733. The van der Waals surface area contributed by atoms with Gasteiger partial charge in [-0.3, -0.25) is 0 Å². The van der Waals surface area contributed by atoms with Crippen LogP contribution in [-0.4, -0.2) is 12.1 Å². The number of anilines is 1. The summed E-state index contributed by atoms with van der Waals surface area (Å²) in [5, 5.41) is 14.8. The van der Waals surface area contributed by atoms with Crippen molar-refractivity contribution in [2.24, 2.45) is 0 Å². The van der Waals surface area contributed by atoms with Crippen LogP contribution in [0.15, 0.2) is 108 Å². The Morgan fingerprint density at radius 2 is 1.28 bits per heavy atom. The fraction of sp³-hybridized carbons (Fsp3) is 0.0714. The molecule has 4 rings (SSSR count). The van der Waals surface area contributed by atoms with E-state index in [0.29, 0.717) is 11.7 Å². The van der Waals surface area contributed by atoms with Crippen LogP contribution in [0.5, 0.6) is 0 Å². The predicted molar refractivity (Wildman–Crippen MR) is 144 cm³/mol. The molecular formula is C28H21BrF3N2OP. The number of hydrogen-bond acceptors (Lipinski definition) is 2. The van der Waals surface area contributed by atoms with Crippen LogP contribution < -0.4 is 21.2 Å². The molecule has 4 aromatic carbocycles. The average Bonchev–Trinajstić information content (AvgIpc) is 2.89. The van der Waals surface area contributed by atoms with Gasteiger partial charge in [-0.05, 0) is 0 Å². The standard InChI is InChI=1S/C28H21BrF3N2OP/c29-25-17-20(18-33)16-21(26(25)34-27(35)28(30,31)32)19-36(22-10-4-1-5-11-22,23-12-6-2-7-13-23)24-14-8-3-9-15-24/h1-17,36H,19H2,(H,34,35). The van der Waals surface area contributed by atoms with Crippen LogP contribution in [0.1, 0.15) is 11.1 Å². The SMILES string of the molecule is N#Cc1cc(Br)c(NC(=O)C(F)(F)F)c(C[PH](c2ccccc2)(c2ccccc2)c2ccccc2)c1. The molecule has 0 aliphatic rings. The Balaban J connectivity index is 2.02. The van der Waals surface area contributed by atoms with Crippen molar-refractivity contribution in [2.75, 3.05) is 5.32 Å². The number of carbonyl (C=O) groups excluding carboxylic acids is 1. The molecule has 0 heterocycles. The maximum absolute atomic E-state index is 13.2. The number of amides is 1. The van der Waals surface area contributed by atoms with Gasteiger partial charge >= 0.3 is 216 Å². The van der Waals surface area contributed by atoms with E-state index < -0.39 is 19.3 Å². The summed E-state index contributed by atoms with van der Waals surface area (Å²) in [5.74, 6) is -2.07. The van der Waals surface area contributed by atoms with Gasteiger partial charge in [-0.25, -0.2) is 0 Å². The molecule has 8 heteroatoms. The number of nitrogens with one attached hydrogen (secondary N) is 1. The summed E-state index contributed by atoms with van der Waals surface area (Å²) in [6, 6.07) is 34.6. The van der Waals surface area contributed by atoms with Crippen LogP contribution in [0.2, 0.25) is 0 Å². The second-order valence-electron chi connectivity index (χ2n) is 8.24. The molecule has 0 unspecified atom stereocenters. The van der Waals surface area contributed by atoms with Crippen LogP contribution in [0.3, 0.4) is 0 Å². The molecule has 1 N–H and O–H groups in total. The Bertz CT molecular complexity index is 1310. The van der Waals surface area contributed by atoms with Crippen LogP contribution >= 0.6 is 23.2 Å². The molecule has 1 amide bonds. The Labute approximate surface area is 216 Å². The number of rotatable bonds is 6. The first-order chi connectivity index (χ1) is 17.3. The first-order valence-corrected chi connectivity index (χ1v) is 14.0. The number of benzene rings is 4. The van der Waals surface area contributed by atoms with Crippen LogP contribution in [0.25, 0.3) is 0 Å². The summed E-state index contributed by atoms with van der Waals surface area (Å²) >= 11 is 3.29. The molecular weight excluding hydrogens is 548 g/mol. The van der Waals surface area contributed by atoms with Gasteiger partial charge in [-0.1, -0.05) is 0 Å². The van der Waals surface area contributed by atoms with Crippen molar-refractivity contribution >= 4 is 50.7 Å². The zero-order valence-electron chi connectivity index (χ0n) is 18.9. The first-order valence-electron chi connectivity index (χ1n) is 11.0. The van der Waals surface area contributed by atoms with E-state index in [1.54, 1.807) is 6.07 Å². The second kappa shape index (κ2) is 10.7. The minimum atomic E-state index is -5.06. The van der Waals surface area contributed by atoms with Crippen molar-refractivity contribution in [3.63, 3.8) is 0 Å². The van der Waals surface area contributed by atoms with Gasteiger partial charge < -0.3 is 0 Å². The van der Waals surface area contributed by atoms with Crippen molar-refractivity contribution in [2.45, 2.75) is 12.3 Å². The summed E-state index contributed by atoms with van der Waals surface area (Å²) < 4.78 is 39.8. The number of alkyl halides is 3. The topological polar surface area (TPSA) is 52.9 Å². The summed E-state index contributed by atoms with van der Waals surface area (Å²) in [4.78, 5) is 12.0. The molecule has 0 radical (unpaired) electrons. The van der Waals surface area contributed by atoms with E-state index >= 15 is 0 Å². The third-order valence-corrected chi connectivity index (χ3v) is 11.5. The Morgan fingerprint density at radius 3 is 1.67 bits per heavy atom. The van der Waals surface area contributed by atoms with Gasteiger partial charge in [0.2, 0.25) is 0 Å².